The van der Waals surface area contributed by atoms with E-state index >= 15 is 0 Å². The standard InChI is InChI=1S/C12H15ClFNO/c13-10-3-2-9(6-11(10)14)7-12(16)4-1-5-15-8-12/h2-3,6,15-16H,1,4-5,7-8H2. The number of hydrogen-bond acceptors (Lipinski definition) is 2. The summed E-state index contributed by atoms with van der Waals surface area (Å²) in [5.41, 5.74) is 0.0338. The first-order valence-electron chi connectivity index (χ1n) is 5.46. The Bertz CT molecular complexity index is 377. The van der Waals surface area contributed by atoms with E-state index in [1.165, 1.54) is 12.1 Å². The Morgan fingerprint density at radius 3 is 2.94 bits per heavy atom. The van der Waals surface area contributed by atoms with Crippen LogP contribution in [0.5, 0.6) is 0 Å². The summed E-state index contributed by atoms with van der Waals surface area (Å²) in [6.45, 7) is 1.51. The molecule has 4 heteroatoms. The zero-order valence-electron chi connectivity index (χ0n) is 8.97. The van der Waals surface area contributed by atoms with E-state index in [9.17, 15) is 9.50 Å². The monoisotopic (exact) mass is 243 g/mol. The predicted octanol–water partition coefficient (Wildman–Crippen LogP) is 2.14. The summed E-state index contributed by atoms with van der Waals surface area (Å²) in [4.78, 5) is 0. The molecule has 1 saturated heterocycles. The van der Waals surface area contributed by atoms with E-state index in [0.717, 1.165) is 24.9 Å². The summed E-state index contributed by atoms with van der Waals surface area (Å²) in [5, 5.41) is 13.5. The molecule has 0 saturated carbocycles. The second-order valence-corrected chi connectivity index (χ2v) is 4.84. The van der Waals surface area contributed by atoms with Gasteiger partial charge in [0.05, 0.1) is 10.6 Å². The molecule has 0 bridgehead atoms. The maximum Gasteiger partial charge on any atom is 0.142 e. The summed E-state index contributed by atoms with van der Waals surface area (Å²) < 4.78 is 13.2. The van der Waals surface area contributed by atoms with Crippen molar-refractivity contribution < 1.29 is 9.50 Å². The lowest BCUT2D eigenvalue weighted by molar-refractivity contribution is 0.0169. The third-order valence-electron chi connectivity index (χ3n) is 2.97. The zero-order chi connectivity index (χ0) is 11.6. The number of aliphatic hydroxyl groups is 1. The van der Waals surface area contributed by atoms with Crippen molar-refractivity contribution in [2.45, 2.75) is 24.9 Å². The Morgan fingerprint density at radius 2 is 2.31 bits per heavy atom. The lowest BCUT2D eigenvalue weighted by atomic mass is 9.87. The van der Waals surface area contributed by atoms with Gasteiger partial charge in [0.1, 0.15) is 5.82 Å². The second kappa shape index (κ2) is 4.70. The fraction of sp³-hybridized carbons (Fsp3) is 0.500. The number of nitrogens with one attached hydrogen (secondary N) is 1. The van der Waals surface area contributed by atoms with Crippen molar-refractivity contribution >= 4 is 11.6 Å². The molecular weight excluding hydrogens is 229 g/mol. The number of rotatable bonds is 2. The van der Waals surface area contributed by atoms with Gasteiger partial charge in [0, 0.05) is 13.0 Å². The highest BCUT2D eigenvalue weighted by Gasteiger charge is 2.29. The van der Waals surface area contributed by atoms with E-state index in [1.807, 2.05) is 0 Å². The minimum Gasteiger partial charge on any atom is -0.388 e. The summed E-state index contributed by atoms with van der Waals surface area (Å²) >= 11 is 5.61. The first-order chi connectivity index (χ1) is 7.59. The van der Waals surface area contributed by atoms with Gasteiger partial charge in [-0.15, -0.1) is 0 Å². The molecule has 2 N–H and O–H groups in total. The van der Waals surface area contributed by atoms with E-state index in [0.29, 0.717) is 13.0 Å². The molecule has 0 amide bonds. The molecule has 2 rings (SSSR count). The zero-order valence-corrected chi connectivity index (χ0v) is 9.73. The molecule has 2 nitrogen and oxygen atoms in total. The molecule has 1 fully saturated rings. The first-order valence-corrected chi connectivity index (χ1v) is 5.84. The highest BCUT2D eigenvalue weighted by atomic mass is 35.5. The number of halogens is 2. The molecule has 0 aliphatic carbocycles. The second-order valence-electron chi connectivity index (χ2n) is 4.43. The van der Waals surface area contributed by atoms with Gasteiger partial charge in [-0.25, -0.2) is 4.39 Å². The van der Waals surface area contributed by atoms with Crippen molar-refractivity contribution in [2.75, 3.05) is 13.1 Å². The van der Waals surface area contributed by atoms with Crippen LogP contribution in [0.3, 0.4) is 0 Å². The average molecular weight is 244 g/mol. The van der Waals surface area contributed by atoms with Crippen molar-refractivity contribution in [3.05, 3.63) is 34.6 Å². The van der Waals surface area contributed by atoms with Crippen LogP contribution in [0.4, 0.5) is 4.39 Å². The van der Waals surface area contributed by atoms with Crippen LogP contribution in [-0.2, 0) is 6.42 Å². The number of hydrogen-bond donors (Lipinski definition) is 2. The van der Waals surface area contributed by atoms with Gasteiger partial charge in [0.25, 0.3) is 0 Å². The average Bonchev–Trinajstić information content (AvgIpc) is 2.24. The molecule has 1 aromatic rings. The fourth-order valence-electron chi connectivity index (χ4n) is 2.13. The molecule has 16 heavy (non-hydrogen) atoms. The SMILES string of the molecule is OC1(Cc2ccc(Cl)c(F)c2)CCCNC1. The summed E-state index contributed by atoms with van der Waals surface area (Å²) in [6.07, 6.45) is 2.17. The van der Waals surface area contributed by atoms with Crippen molar-refractivity contribution in [1.82, 2.24) is 5.32 Å². The van der Waals surface area contributed by atoms with Gasteiger partial charge < -0.3 is 10.4 Å². The summed E-state index contributed by atoms with van der Waals surface area (Å²) in [6, 6.07) is 4.69. The van der Waals surface area contributed by atoms with Crippen LogP contribution in [0.15, 0.2) is 18.2 Å². The third kappa shape index (κ3) is 2.73. The Balaban J connectivity index is 2.10. The Kier molecular flexibility index (Phi) is 3.47. The van der Waals surface area contributed by atoms with Crippen molar-refractivity contribution in [3.8, 4) is 0 Å². The highest BCUT2D eigenvalue weighted by Crippen LogP contribution is 2.23. The van der Waals surface area contributed by atoms with Crippen LogP contribution in [0.1, 0.15) is 18.4 Å². The number of benzene rings is 1. The van der Waals surface area contributed by atoms with Crippen LogP contribution in [0, 0.1) is 5.82 Å². The van der Waals surface area contributed by atoms with Gasteiger partial charge in [0.15, 0.2) is 0 Å². The third-order valence-corrected chi connectivity index (χ3v) is 3.27. The molecule has 1 heterocycles. The summed E-state index contributed by atoms with van der Waals surface area (Å²) in [5.74, 6) is -0.425. The Hall–Kier alpha value is -0.640. The normalized spacial score (nSPS) is 25.7. The van der Waals surface area contributed by atoms with Gasteiger partial charge in [-0.3, -0.25) is 0 Å². The molecule has 0 radical (unpaired) electrons. The van der Waals surface area contributed by atoms with Gasteiger partial charge >= 0.3 is 0 Å². The van der Waals surface area contributed by atoms with Crippen LogP contribution in [0.25, 0.3) is 0 Å². The Labute approximate surface area is 99.4 Å². The highest BCUT2D eigenvalue weighted by molar-refractivity contribution is 6.30. The predicted molar refractivity (Wildman–Crippen MR) is 62.2 cm³/mol. The Morgan fingerprint density at radius 1 is 1.50 bits per heavy atom. The number of piperidine rings is 1. The lowest BCUT2D eigenvalue weighted by Gasteiger charge is -2.32. The van der Waals surface area contributed by atoms with Crippen LogP contribution >= 0.6 is 11.6 Å². The topological polar surface area (TPSA) is 32.3 Å². The molecule has 1 unspecified atom stereocenters. The van der Waals surface area contributed by atoms with E-state index < -0.39 is 11.4 Å². The molecule has 1 aromatic carbocycles. The molecule has 1 atom stereocenters. The number of β-amino-alcohol motifs (C(OH)–C–C–N with tert-alkyl or cyclic N) is 1. The van der Waals surface area contributed by atoms with Gasteiger partial charge in [-0.05, 0) is 37.1 Å². The maximum absolute atomic E-state index is 13.2. The van der Waals surface area contributed by atoms with Crippen LogP contribution < -0.4 is 5.32 Å². The maximum atomic E-state index is 13.2. The molecule has 1 aliphatic heterocycles. The first kappa shape index (κ1) is 11.8. The minimum absolute atomic E-state index is 0.123. The van der Waals surface area contributed by atoms with Crippen molar-refractivity contribution in [3.63, 3.8) is 0 Å². The van der Waals surface area contributed by atoms with E-state index in [2.05, 4.69) is 5.32 Å². The molecular formula is C12H15ClFNO. The molecule has 0 spiro atoms. The molecule has 88 valence electrons. The van der Waals surface area contributed by atoms with Gasteiger partial charge in [-0.2, -0.15) is 0 Å². The largest absolute Gasteiger partial charge is 0.388 e. The molecule has 0 aromatic heterocycles. The van der Waals surface area contributed by atoms with Crippen molar-refractivity contribution in [1.29, 1.82) is 0 Å². The summed E-state index contributed by atoms with van der Waals surface area (Å²) in [7, 11) is 0. The van der Waals surface area contributed by atoms with Crippen LogP contribution in [-0.4, -0.2) is 23.8 Å². The fourth-order valence-corrected chi connectivity index (χ4v) is 2.25. The molecule has 1 aliphatic rings. The van der Waals surface area contributed by atoms with Gasteiger partial charge in [-0.1, -0.05) is 17.7 Å². The van der Waals surface area contributed by atoms with Crippen molar-refractivity contribution in [2.24, 2.45) is 0 Å². The lowest BCUT2D eigenvalue weighted by Crippen LogP contribution is -2.47. The van der Waals surface area contributed by atoms with E-state index in [4.69, 9.17) is 11.6 Å². The quantitative estimate of drug-likeness (QED) is 0.834. The minimum atomic E-state index is -0.751. The smallest absolute Gasteiger partial charge is 0.142 e. The van der Waals surface area contributed by atoms with E-state index in [1.54, 1.807) is 6.07 Å². The van der Waals surface area contributed by atoms with Gasteiger partial charge in [0.2, 0.25) is 0 Å². The van der Waals surface area contributed by atoms with E-state index in [-0.39, 0.29) is 5.02 Å². The van der Waals surface area contributed by atoms with Crippen LogP contribution in [0.2, 0.25) is 5.02 Å².